The first-order valence-corrected chi connectivity index (χ1v) is 22.3. The van der Waals surface area contributed by atoms with Gasteiger partial charge in [0.25, 0.3) is 8.53 Å². The summed E-state index contributed by atoms with van der Waals surface area (Å²) in [6.07, 6.45) is 14.4. The zero-order valence-corrected chi connectivity index (χ0v) is 37.4. The number of para-hydroxylation sites is 2. The largest absolute Gasteiger partial charge is 0.673 e. The fourth-order valence-electron chi connectivity index (χ4n) is 8.68. The van der Waals surface area contributed by atoms with Gasteiger partial charge in [-0.05, 0) is 97.8 Å². The molecule has 59 heavy (non-hydrogen) atoms. The minimum Gasteiger partial charge on any atom is -0.418 e. The molecule has 0 spiro atoms. The molecule has 1 unspecified atom stereocenters. The smallest absolute Gasteiger partial charge is 0.418 e. The first-order valence-electron chi connectivity index (χ1n) is 21.2. The van der Waals surface area contributed by atoms with Crippen LogP contribution in [0.25, 0.3) is 0 Å². The number of rotatable bonds is 17. The number of anilines is 1. The first-order chi connectivity index (χ1) is 27.8. The van der Waals surface area contributed by atoms with Crippen LogP contribution in [-0.2, 0) is 24.7 Å². The maximum atomic E-state index is 13.0. The molecular weight excluding hydrogens is 776 g/mol. The Morgan fingerprint density at radius 1 is 0.966 bits per heavy atom. The maximum Gasteiger partial charge on any atom is 0.673 e. The summed E-state index contributed by atoms with van der Waals surface area (Å²) in [7, 11) is -5.07. The SMILES string of the molecule is CC(C)N(C(C)C)P(OCCC#N)OC1CCC(NC(=O)CCCCCN2/C(=C/C=C/C3=[N+](C)c4ccccc4C3(C)C)C(C)(C)c3ccccc32)CC1.F[B-](F)(F)F. The summed E-state index contributed by atoms with van der Waals surface area (Å²) in [6.45, 7) is 19.2. The molecule has 1 N–H and O–H groups in total. The van der Waals surface area contributed by atoms with E-state index in [9.17, 15) is 22.1 Å². The molecule has 8 nitrogen and oxygen atoms in total. The minimum absolute atomic E-state index is 0.0591. The highest BCUT2D eigenvalue weighted by molar-refractivity contribution is 7.44. The van der Waals surface area contributed by atoms with Crippen molar-refractivity contribution in [1.82, 2.24) is 9.99 Å². The molecule has 3 aliphatic rings. The molecule has 2 aliphatic heterocycles. The number of unbranched alkanes of at least 4 members (excludes halogenated alkanes) is 2. The van der Waals surface area contributed by atoms with Crippen molar-refractivity contribution >= 4 is 38.8 Å². The molecule has 2 heterocycles. The molecule has 2 aromatic rings. The number of nitrogens with zero attached hydrogens (tertiary/aromatic N) is 4. The molecule has 14 heteroatoms. The van der Waals surface area contributed by atoms with Crippen molar-refractivity contribution in [2.45, 2.75) is 148 Å². The zero-order valence-electron chi connectivity index (χ0n) is 36.5. The second-order valence-corrected chi connectivity index (χ2v) is 18.7. The predicted molar refractivity (Wildman–Crippen MR) is 233 cm³/mol. The summed E-state index contributed by atoms with van der Waals surface area (Å²) >= 11 is 0. The lowest BCUT2D eigenvalue weighted by atomic mass is 9.81. The van der Waals surface area contributed by atoms with Gasteiger partial charge in [-0.3, -0.25) is 4.79 Å². The van der Waals surface area contributed by atoms with E-state index in [4.69, 9.17) is 14.3 Å². The molecule has 1 amide bonds. The fraction of sp³-hybridized carbons (Fsp3) is 0.578. The van der Waals surface area contributed by atoms with Gasteiger partial charge in [0.1, 0.15) is 7.05 Å². The van der Waals surface area contributed by atoms with E-state index in [0.29, 0.717) is 19.4 Å². The van der Waals surface area contributed by atoms with E-state index in [1.165, 1.54) is 33.9 Å². The van der Waals surface area contributed by atoms with Crippen molar-refractivity contribution in [3.05, 3.63) is 83.6 Å². The number of nitrogens with one attached hydrogen (secondary N) is 1. The number of amides is 1. The van der Waals surface area contributed by atoms with Crippen molar-refractivity contribution in [1.29, 1.82) is 5.26 Å². The van der Waals surface area contributed by atoms with Crippen LogP contribution < -0.4 is 10.2 Å². The van der Waals surface area contributed by atoms with Gasteiger partial charge in [-0.25, -0.2) is 4.67 Å². The molecule has 1 atom stereocenters. The molecule has 2 aromatic carbocycles. The van der Waals surface area contributed by atoms with Crippen LogP contribution in [-0.4, -0.2) is 72.5 Å². The predicted octanol–water partition coefficient (Wildman–Crippen LogP) is 11.5. The minimum atomic E-state index is -6.00. The Kier molecular flexibility index (Phi) is 17.4. The molecular formula is C45H65BF4N5O3P. The summed E-state index contributed by atoms with van der Waals surface area (Å²) in [5.74, 6) is 0.157. The van der Waals surface area contributed by atoms with Gasteiger partial charge in [0.05, 0.1) is 30.6 Å². The quantitative estimate of drug-likeness (QED) is 0.0562. The molecule has 0 aromatic heterocycles. The molecule has 0 radical (unpaired) electrons. The van der Waals surface area contributed by atoms with E-state index >= 15 is 0 Å². The van der Waals surface area contributed by atoms with Crippen LogP contribution in [0.2, 0.25) is 0 Å². The van der Waals surface area contributed by atoms with Crippen LogP contribution in [0.15, 0.2) is 72.5 Å². The Balaban J connectivity index is 0.00000145. The molecule has 0 bridgehead atoms. The number of hydrogen-bond acceptors (Lipinski definition) is 6. The Labute approximate surface area is 351 Å². The monoisotopic (exact) mass is 841 g/mol. The van der Waals surface area contributed by atoms with Crippen molar-refractivity contribution in [3.63, 3.8) is 0 Å². The lowest BCUT2D eigenvalue weighted by Gasteiger charge is -2.38. The highest BCUT2D eigenvalue weighted by atomic mass is 31.2. The average Bonchev–Trinajstić information content (AvgIpc) is 3.49. The van der Waals surface area contributed by atoms with Crippen LogP contribution in [0.5, 0.6) is 0 Å². The van der Waals surface area contributed by atoms with E-state index in [1.807, 2.05) is 0 Å². The standard InChI is InChI=1S/C45H64N5O3P.BF4/c1-33(2)50(34(3)4)54(52-32-18-30-46)53-36-28-26-35(27-29-36)47-43(51)25-11-10-16-31-49-40-22-15-13-20-38(40)45(7,8)42(49)24-17-23-41-44(5,6)37-19-12-14-21-39(37)48(41)9;2-1(3,4)5/h12-15,17,19-24,33-36H,10-11,16,18,25-29,31-32H2,1-9H3;/q;-1/p+1. The van der Waals surface area contributed by atoms with Crippen LogP contribution in [0.3, 0.4) is 0 Å². The number of hydrogen-bond donors (Lipinski definition) is 1. The first kappa shape index (κ1) is 48.1. The van der Waals surface area contributed by atoms with E-state index in [2.05, 4.69) is 155 Å². The summed E-state index contributed by atoms with van der Waals surface area (Å²) in [6, 6.07) is 20.5. The second-order valence-electron chi connectivity index (χ2n) is 17.3. The Bertz CT molecular complexity index is 1840. The van der Waals surface area contributed by atoms with Gasteiger partial charge in [-0.1, -0.05) is 62.7 Å². The molecule has 0 saturated heterocycles. The normalized spacial score (nSPS) is 20.9. The van der Waals surface area contributed by atoms with E-state index in [0.717, 1.165) is 51.5 Å². The topological polar surface area (TPSA) is 80.8 Å². The van der Waals surface area contributed by atoms with Crippen molar-refractivity contribution in [2.75, 3.05) is 25.1 Å². The lowest BCUT2D eigenvalue weighted by molar-refractivity contribution is -0.401. The fourth-order valence-corrected chi connectivity index (χ4v) is 10.5. The number of allylic oxidation sites excluding steroid dienone is 4. The third-order valence-electron chi connectivity index (χ3n) is 11.5. The van der Waals surface area contributed by atoms with Crippen molar-refractivity contribution in [2.24, 2.45) is 0 Å². The van der Waals surface area contributed by atoms with E-state index in [-0.39, 0.29) is 41.0 Å². The molecule has 324 valence electrons. The van der Waals surface area contributed by atoms with Crippen LogP contribution in [0.1, 0.15) is 124 Å². The molecule has 5 rings (SSSR count). The van der Waals surface area contributed by atoms with Crippen LogP contribution in [0, 0.1) is 11.3 Å². The van der Waals surface area contributed by atoms with E-state index < -0.39 is 15.8 Å². The third kappa shape index (κ3) is 13.0. The highest BCUT2D eigenvalue weighted by Crippen LogP contribution is 2.49. The van der Waals surface area contributed by atoms with Gasteiger partial charge in [-0.15, -0.1) is 0 Å². The van der Waals surface area contributed by atoms with Crippen LogP contribution in [0.4, 0.5) is 28.6 Å². The summed E-state index contributed by atoms with van der Waals surface area (Å²) in [5.41, 5.74) is 7.75. The van der Waals surface area contributed by atoms with Crippen LogP contribution >= 0.6 is 8.53 Å². The van der Waals surface area contributed by atoms with Gasteiger partial charge >= 0.3 is 7.25 Å². The average molecular weight is 842 g/mol. The molecule has 1 aliphatic carbocycles. The third-order valence-corrected chi connectivity index (χ3v) is 13.7. The summed E-state index contributed by atoms with van der Waals surface area (Å²) < 4.78 is 56.3. The zero-order chi connectivity index (χ0) is 43.5. The number of fused-ring (bicyclic) bond motifs is 2. The number of benzene rings is 2. The van der Waals surface area contributed by atoms with Gasteiger partial charge in [0.2, 0.25) is 11.6 Å². The molecule has 1 saturated carbocycles. The summed E-state index contributed by atoms with van der Waals surface area (Å²) in [5, 5.41) is 12.3. The lowest BCUT2D eigenvalue weighted by Crippen LogP contribution is -2.39. The highest BCUT2D eigenvalue weighted by Gasteiger charge is 2.43. The Hall–Kier alpha value is -3.56. The number of carbonyl (C=O) groups is 1. The van der Waals surface area contributed by atoms with E-state index in [1.54, 1.807) is 0 Å². The summed E-state index contributed by atoms with van der Waals surface area (Å²) in [4.78, 5) is 15.5. The van der Waals surface area contributed by atoms with Gasteiger partial charge in [-0.2, -0.15) is 9.84 Å². The number of halogens is 4. The Morgan fingerprint density at radius 2 is 1.58 bits per heavy atom. The van der Waals surface area contributed by atoms with Gasteiger partial charge in [0.15, 0.2) is 5.71 Å². The Morgan fingerprint density at radius 3 is 2.19 bits per heavy atom. The second kappa shape index (κ2) is 21.3. The van der Waals surface area contributed by atoms with Crippen molar-refractivity contribution < 1.29 is 35.7 Å². The molecule has 1 fully saturated rings. The number of carbonyl (C=O) groups excluding carboxylic acids is 1. The van der Waals surface area contributed by atoms with Crippen molar-refractivity contribution in [3.8, 4) is 6.07 Å². The maximum absolute atomic E-state index is 13.0. The number of nitriles is 1. The van der Waals surface area contributed by atoms with Gasteiger partial charge < -0.3 is 36.5 Å². The van der Waals surface area contributed by atoms with Gasteiger partial charge in [0, 0.05) is 65.6 Å².